The van der Waals surface area contributed by atoms with Gasteiger partial charge in [0.25, 0.3) is 17.3 Å². The average molecular weight is 439 g/mol. The maximum Gasteiger partial charge on any atom is 0.273 e. The van der Waals surface area contributed by atoms with E-state index in [1.165, 1.54) is 30.3 Å². The monoisotopic (exact) mass is 438 g/mol. The Hall–Kier alpha value is -2.92. The fourth-order valence-electron chi connectivity index (χ4n) is 2.00. The number of rotatable bonds is 4. The first-order valence-electron chi connectivity index (χ1n) is 7.00. The average Bonchev–Trinajstić information content (AvgIpc) is 2.56. The van der Waals surface area contributed by atoms with Gasteiger partial charge in [0.2, 0.25) is 0 Å². The Labute approximate surface area is 160 Å². The zero-order valence-corrected chi connectivity index (χ0v) is 15.6. The van der Waals surface area contributed by atoms with Crippen molar-refractivity contribution >= 4 is 56.2 Å². The molecule has 0 aliphatic rings. The summed E-state index contributed by atoms with van der Waals surface area (Å²) < 4.78 is 0.384. The Bertz CT molecular complexity index is 934. The standard InChI is InChI=1S/C15H11BrN4O5S/c1-8-2-3-9(6-13(8)20(24)25)14(21)18-15(26)17-12-5-4-10(19(22)23)7-11(12)16/h2-7H,1H3,(H2,17,18,21,26). The molecule has 9 nitrogen and oxygen atoms in total. The van der Waals surface area contributed by atoms with Gasteiger partial charge in [-0.25, -0.2) is 0 Å². The zero-order valence-electron chi connectivity index (χ0n) is 13.2. The number of nitro benzene ring substituents is 2. The summed E-state index contributed by atoms with van der Waals surface area (Å²) in [4.78, 5) is 32.8. The van der Waals surface area contributed by atoms with E-state index in [0.29, 0.717) is 15.7 Å². The minimum atomic E-state index is -0.622. The smallest absolute Gasteiger partial charge is 0.273 e. The van der Waals surface area contributed by atoms with E-state index in [1.807, 2.05) is 0 Å². The fraction of sp³-hybridized carbons (Fsp3) is 0.0667. The van der Waals surface area contributed by atoms with E-state index < -0.39 is 15.8 Å². The van der Waals surface area contributed by atoms with Crippen molar-refractivity contribution < 1.29 is 14.6 Å². The number of benzene rings is 2. The van der Waals surface area contributed by atoms with Gasteiger partial charge in [0.1, 0.15) is 0 Å². The number of nitrogens with zero attached hydrogens (tertiary/aromatic N) is 2. The highest BCUT2D eigenvalue weighted by Crippen LogP contribution is 2.27. The SMILES string of the molecule is Cc1ccc(C(=O)NC(=S)Nc2ccc([N+](=O)[O-])cc2Br)cc1[N+](=O)[O-]. The van der Waals surface area contributed by atoms with Crippen molar-refractivity contribution in [3.8, 4) is 0 Å². The normalized spacial score (nSPS) is 10.1. The number of hydrogen-bond donors (Lipinski definition) is 2. The fourth-order valence-corrected chi connectivity index (χ4v) is 2.66. The Morgan fingerprint density at radius 1 is 1.12 bits per heavy atom. The van der Waals surface area contributed by atoms with Crippen molar-refractivity contribution in [1.29, 1.82) is 0 Å². The van der Waals surface area contributed by atoms with Gasteiger partial charge in [-0.2, -0.15) is 0 Å². The van der Waals surface area contributed by atoms with E-state index >= 15 is 0 Å². The van der Waals surface area contributed by atoms with Gasteiger partial charge in [-0.3, -0.25) is 30.3 Å². The Morgan fingerprint density at radius 2 is 1.81 bits per heavy atom. The molecule has 2 aromatic carbocycles. The Balaban J connectivity index is 2.10. The van der Waals surface area contributed by atoms with Gasteiger partial charge in [-0.05, 0) is 47.2 Å². The van der Waals surface area contributed by atoms with Crippen LogP contribution < -0.4 is 10.6 Å². The summed E-state index contributed by atoms with van der Waals surface area (Å²) in [5.41, 5.74) is 0.644. The maximum atomic E-state index is 12.2. The third-order valence-electron chi connectivity index (χ3n) is 3.31. The molecule has 0 bridgehead atoms. The molecule has 0 atom stereocenters. The van der Waals surface area contributed by atoms with Crippen molar-refractivity contribution in [2.75, 3.05) is 5.32 Å². The van der Waals surface area contributed by atoms with Crippen LogP contribution >= 0.6 is 28.1 Å². The van der Waals surface area contributed by atoms with Crippen LogP contribution in [-0.4, -0.2) is 20.9 Å². The van der Waals surface area contributed by atoms with Crippen LogP contribution in [0.5, 0.6) is 0 Å². The van der Waals surface area contributed by atoms with Crippen molar-refractivity contribution in [3.63, 3.8) is 0 Å². The van der Waals surface area contributed by atoms with Gasteiger partial charge >= 0.3 is 0 Å². The van der Waals surface area contributed by atoms with Crippen molar-refractivity contribution in [2.45, 2.75) is 6.92 Å². The lowest BCUT2D eigenvalue weighted by Crippen LogP contribution is -2.34. The molecule has 2 N–H and O–H groups in total. The van der Waals surface area contributed by atoms with Crippen LogP contribution in [-0.2, 0) is 0 Å². The first-order valence-corrected chi connectivity index (χ1v) is 8.20. The van der Waals surface area contributed by atoms with Crippen LogP contribution in [0.25, 0.3) is 0 Å². The third kappa shape index (κ3) is 4.58. The summed E-state index contributed by atoms with van der Waals surface area (Å²) in [5, 5.41) is 26.7. The molecular weight excluding hydrogens is 428 g/mol. The minimum absolute atomic E-state index is 0.0622. The Morgan fingerprint density at radius 3 is 2.38 bits per heavy atom. The number of hydrogen-bond acceptors (Lipinski definition) is 6. The van der Waals surface area contributed by atoms with Gasteiger partial charge in [-0.15, -0.1) is 0 Å². The van der Waals surface area contributed by atoms with Gasteiger partial charge in [-0.1, -0.05) is 6.07 Å². The molecule has 0 saturated heterocycles. The van der Waals surface area contributed by atoms with Crippen LogP contribution in [0.4, 0.5) is 17.1 Å². The van der Waals surface area contributed by atoms with Gasteiger partial charge in [0.05, 0.1) is 15.5 Å². The molecule has 2 rings (SSSR count). The number of aryl methyl sites for hydroxylation is 1. The van der Waals surface area contributed by atoms with Gasteiger partial charge < -0.3 is 5.32 Å². The second kappa shape index (κ2) is 7.97. The van der Waals surface area contributed by atoms with Crippen LogP contribution in [0.1, 0.15) is 15.9 Å². The molecule has 0 fully saturated rings. The van der Waals surface area contributed by atoms with Crippen LogP contribution in [0.15, 0.2) is 40.9 Å². The zero-order chi connectivity index (χ0) is 19.4. The van der Waals surface area contributed by atoms with Crippen LogP contribution in [0.3, 0.4) is 0 Å². The molecule has 0 saturated carbocycles. The van der Waals surface area contributed by atoms with E-state index in [4.69, 9.17) is 12.2 Å². The second-order valence-electron chi connectivity index (χ2n) is 5.09. The summed E-state index contributed by atoms with van der Waals surface area (Å²) in [6.45, 7) is 1.57. The minimum Gasteiger partial charge on any atom is -0.331 e. The van der Waals surface area contributed by atoms with E-state index in [0.717, 1.165) is 6.07 Å². The molecule has 0 spiro atoms. The lowest BCUT2D eigenvalue weighted by molar-refractivity contribution is -0.385. The highest BCUT2D eigenvalue weighted by Gasteiger charge is 2.16. The number of nitrogens with one attached hydrogen (secondary N) is 2. The molecule has 0 aliphatic heterocycles. The number of carbonyl (C=O) groups excluding carboxylic acids is 1. The predicted molar refractivity (Wildman–Crippen MR) is 102 cm³/mol. The molecule has 0 heterocycles. The van der Waals surface area contributed by atoms with E-state index in [9.17, 15) is 25.0 Å². The second-order valence-corrected chi connectivity index (χ2v) is 6.35. The van der Waals surface area contributed by atoms with E-state index in [-0.39, 0.29) is 22.1 Å². The number of halogens is 1. The molecule has 2 aromatic rings. The number of thiocarbonyl (C=S) groups is 1. The van der Waals surface area contributed by atoms with Crippen molar-refractivity contribution in [2.24, 2.45) is 0 Å². The molecule has 134 valence electrons. The lowest BCUT2D eigenvalue weighted by Gasteiger charge is -2.11. The highest BCUT2D eigenvalue weighted by molar-refractivity contribution is 9.10. The van der Waals surface area contributed by atoms with Crippen molar-refractivity contribution in [3.05, 3.63) is 72.2 Å². The number of non-ortho nitro benzene ring substituents is 1. The molecule has 1 amide bonds. The quantitative estimate of drug-likeness (QED) is 0.422. The molecule has 11 heteroatoms. The third-order valence-corrected chi connectivity index (χ3v) is 4.17. The first-order chi connectivity index (χ1) is 12.2. The summed E-state index contributed by atoms with van der Waals surface area (Å²) in [6, 6.07) is 8.07. The van der Waals surface area contributed by atoms with Crippen LogP contribution in [0.2, 0.25) is 0 Å². The summed E-state index contributed by atoms with van der Waals surface area (Å²) in [7, 11) is 0. The molecule has 0 unspecified atom stereocenters. The molecule has 0 aliphatic carbocycles. The topological polar surface area (TPSA) is 127 Å². The van der Waals surface area contributed by atoms with Gasteiger partial charge in [0.15, 0.2) is 5.11 Å². The number of amides is 1. The Kier molecular flexibility index (Phi) is 5.95. The number of carbonyl (C=O) groups is 1. The lowest BCUT2D eigenvalue weighted by atomic mass is 10.1. The van der Waals surface area contributed by atoms with Gasteiger partial charge in [0, 0.05) is 33.8 Å². The first kappa shape index (κ1) is 19.4. The predicted octanol–water partition coefficient (Wildman–Crippen LogP) is 3.70. The molecular formula is C15H11BrN4O5S. The molecule has 0 aromatic heterocycles. The number of anilines is 1. The molecule has 26 heavy (non-hydrogen) atoms. The largest absolute Gasteiger partial charge is 0.331 e. The van der Waals surface area contributed by atoms with Crippen LogP contribution in [0, 0.1) is 27.2 Å². The summed E-state index contributed by atoms with van der Waals surface area (Å²) in [6.07, 6.45) is 0. The van der Waals surface area contributed by atoms with Crippen molar-refractivity contribution in [1.82, 2.24) is 5.32 Å². The maximum absolute atomic E-state index is 12.2. The summed E-state index contributed by atoms with van der Waals surface area (Å²) in [5.74, 6) is -0.622. The number of nitro groups is 2. The highest BCUT2D eigenvalue weighted by atomic mass is 79.9. The van der Waals surface area contributed by atoms with E-state index in [2.05, 4.69) is 26.6 Å². The summed E-state index contributed by atoms with van der Waals surface area (Å²) >= 11 is 8.21. The molecule has 0 radical (unpaired) electrons. The van der Waals surface area contributed by atoms with E-state index in [1.54, 1.807) is 6.92 Å².